The van der Waals surface area contributed by atoms with Crippen LogP contribution >= 0.6 is 0 Å². The maximum atomic E-state index is 9.60. The summed E-state index contributed by atoms with van der Waals surface area (Å²) in [6.45, 7) is 0.692. The van der Waals surface area contributed by atoms with E-state index in [0.29, 0.717) is 12.5 Å². The Morgan fingerprint density at radius 2 is 2.09 bits per heavy atom. The highest BCUT2D eigenvalue weighted by molar-refractivity contribution is 4.74. The van der Waals surface area contributed by atoms with Crippen molar-refractivity contribution in [1.29, 1.82) is 0 Å². The van der Waals surface area contributed by atoms with E-state index in [4.69, 9.17) is 4.74 Å². The average molecular weight is 158 g/mol. The van der Waals surface area contributed by atoms with Crippen molar-refractivity contribution in [1.82, 2.24) is 0 Å². The Hall–Kier alpha value is -0.0800. The first-order chi connectivity index (χ1) is 5.34. The fraction of sp³-hybridized carbons (Fsp3) is 1.00. The Morgan fingerprint density at radius 1 is 1.45 bits per heavy atom. The van der Waals surface area contributed by atoms with Crippen LogP contribution in [-0.2, 0) is 4.74 Å². The second kappa shape index (κ2) is 4.73. The number of ether oxygens (including phenoxy) is 1. The first kappa shape index (κ1) is 9.01. The van der Waals surface area contributed by atoms with E-state index in [2.05, 4.69) is 0 Å². The minimum Gasteiger partial charge on any atom is -0.393 e. The quantitative estimate of drug-likeness (QED) is 0.673. The van der Waals surface area contributed by atoms with Gasteiger partial charge in [0, 0.05) is 13.7 Å². The largest absolute Gasteiger partial charge is 0.393 e. The Balaban J connectivity index is 2.12. The molecule has 0 bridgehead atoms. The zero-order valence-electron chi connectivity index (χ0n) is 7.25. The first-order valence-electron chi connectivity index (χ1n) is 4.51. The summed E-state index contributed by atoms with van der Waals surface area (Å²) < 4.78 is 4.91. The molecule has 2 nitrogen and oxygen atoms in total. The normalized spacial score (nSPS) is 22.4. The van der Waals surface area contributed by atoms with Gasteiger partial charge in [-0.3, -0.25) is 0 Å². The van der Waals surface area contributed by atoms with Gasteiger partial charge in [-0.05, 0) is 25.2 Å². The highest BCUT2D eigenvalue weighted by Gasteiger charge is 2.22. The van der Waals surface area contributed by atoms with E-state index in [9.17, 15) is 5.11 Å². The number of aliphatic hydroxyl groups is 1. The number of rotatable bonds is 4. The van der Waals surface area contributed by atoms with Gasteiger partial charge in [0.2, 0.25) is 0 Å². The number of aliphatic hydroxyl groups excluding tert-OH is 1. The molecule has 1 saturated carbocycles. The average Bonchev–Trinajstić information content (AvgIpc) is 2.52. The lowest BCUT2D eigenvalue weighted by atomic mass is 9.99. The summed E-state index contributed by atoms with van der Waals surface area (Å²) in [5, 5.41) is 9.60. The topological polar surface area (TPSA) is 29.5 Å². The van der Waals surface area contributed by atoms with Gasteiger partial charge in [0.05, 0.1) is 6.10 Å². The van der Waals surface area contributed by atoms with Crippen molar-refractivity contribution in [3.8, 4) is 0 Å². The molecule has 0 aromatic rings. The van der Waals surface area contributed by atoms with E-state index in [-0.39, 0.29) is 6.10 Å². The molecule has 11 heavy (non-hydrogen) atoms. The smallest absolute Gasteiger partial charge is 0.0590 e. The zero-order valence-corrected chi connectivity index (χ0v) is 7.25. The molecule has 0 saturated heterocycles. The van der Waals surface area contributed by atoms with Crippen LogP contribution in [0.5, 0.6) is 0 Å². The first-order valence-corrected chi connectivity index (χ1v) is 4.51. The molecule has 1 atom stereocenters. The highest BCUT2D eigenvalue weighted by Crippen LogP contribution is 2.28. The molecular formula is C9H18O2. The molecule has 0 spiro atoms. The SMILES string of the molecule is COCCC(O)C1CCCC1. The predicted octanol–water partition coefficient (Wildman–Crippen LogP) is 1.57. The van der Waals surface area contributed by atoms with Crippen molar-refractivity contribution < 1.29 is 9.84 Å². The van der Waals surface area contributed by atoms with Gasteiger partial charge >= 0.3 is 0 Å². The van der Waals surface area contributed by atoms with Crippen molar-refractivity contribution in [2.45, 2.75) is 38.2 Å². The maximum Gasteiger partial charge on any atom is 0.0590 e. The minimum atomic E-state index is -0.113. The lowest BCUT2D eigenvalue weighted by molar-refractivity contribution is 0.0685. The third-order valence-electron chi connectivity index (χ3n) is 2.56. The van der Waals surface area contributed by atoms with Gasteiger partial charge in [-0.25, -0.2) is 0 Å². The lowest BCUT2D eigenvalue weighted by Gasteiger charge is -2.16. The van der Waals surface area contributed by atoms with Crippen molar-refractivity contribution >= 4 is 0 Å². The molecule has 1 N–H and O–H groups in total. The fourth-order valence-corrected chi connectivity index (χ4v) is 1.82. The van der Waals surface area contributed by atoms with Crippen molar-refractivity contribution in [2.24, 2.45) is 5.92 Å². The molecule has 0 radical (unpaired) electrons. The molecule has 1 aliphatic rings. The van der Waals surface area contributed by atoms with Crippen molar-refractivity contribution in [3.63, 3.8) is 0 Å². The molecule has 0 aromatic carbocycles. The monoisotopic (exact) mass is 158 g/mol. The van der Waals surface area contributed by atoms with Crippen LogP contribution in [0.1, 0.15) is 32.1 Å². The molecule has 0 amide bonds. The van der Waals surface area contributed by atoms with Crippen LogP contribution < -0.4 is 0 Å². The summed E-state index contributed by atoms with van der Waals surface area (Å²) in [5.41, 5.74) is 0. The molecule has 0 aromatic heterocycles. The van der Waals surface area contributed by atoms with Gasteiger partial charge in [0.1, 0.15) is 0 Å². The Bertz CT molecular complexity index is 97.7. The van der Waals surface area contributed by atoms with E-state index in [1.165, 1.54) is 25.7 Å². The summed E-state index contributed by atoms with van der Waals surface area (Å²) in [4.78, 5) is 0. The van der Waals surface area contributed by atoms with Crippen LogP contribution in [0.25, 0.3) is 0 Å². The van der Waals surface area contributed by atoms with Crippen molar-refractivity contribution in [3.05, 3.63) is 0 Å². The van der Waals surface area contributed by atoms with Crippen LogP contribution in [0, 0.1) is 5.92 Å². The Kier molecular flexibility index (Phi) is 3.87. The summed E-state index contributed by atoms with van der Waals surface area (Å²) in [5.74, 6) is 0.560. The molecule has 0 heterocycles. The number of hydrogen-bond acceptors (Lipinski definition) is 2. The van der Waals surface area contributed by atoms with Crippen LogP contribution in [0.4, 0.5) is 0 Å². The van der Waals surface area contributed by atoms with Gasteiger partial charge in [-0.15, -0.1) is 0 Å². The lowest BCUT2D eigenvalue weighted by Crippen LogP contribution is -2.19. The van der Waals surface area contributed by atoms with Gasteiger partial charge in [0.25, 0.3) is 0 Å². The maximum absolute atomic E-state index is 9.60. The molecule has 1 aliphatic carbocycles. The molecule has 0 aliphatic heterocycles. The molecule has 66 valence electrons. The van der Waals surface area contributed by atoms with E-state index in [1.807, 2.05) is 0 Å². The molecule has 1 fully saturated rings. The van der Waals surface area contributed by atoms with Gasteiger partial charge in [-0.2, -0.15) is 0 Å². The standard InChI is InChI=1S/C9H18O2/c1-11-7-6-9(10)8-4-2-3-5-8/h8-10H,2-7H2,1H3. The van der Waals surface area contributed by atoms with E-state index >= 15 is 0 Å². The van der Waals surface area contributed by atoms with E-state index in [1.54, 1.807) is 7.11 Å². The summed E-state index contributed by atoms with van der Waals surface area (Å²) in [6, 6.07) is 0. The highest BCUT2D eigenvalue weighted by atomic mass is 16.5. The molecule has 2 heteroatoms. The minimum absolute atomic E-state index is 0.113. The summed E-state index contributed by atoms with van der Waals surface area (Å²) >= 11 is 0. The molecule has 1 unspecified atom stereocenters. The van der Waals surface area contributed by atoms with Crippen LogP contribution in [0.3, 0.4) is 0 Å². The third-order valence-corrected chi connectivity index (χ3v) is 2.56. The van der Waals surface area contributed by atoms with E-state index < -0.39 is 0 Å². The number of methoxy groups -OCH3 is 1. The summed E-state index contributed by atoms with van der Waals surface area (Å²) in [6.07, 6.45) is 5.72. The Labute approximate surface area is 68.6 Å². The van der Waals surface area contributed by atoms with Gasteiger partial charge in [-0.1, -0.05) is 12.8 Å². The van der Waals surface area contributed by atoms with Crippen LogP contribution in [0.15, 0.2) is 0 Å². The van der Waals surface area contributed by atoms with E-state index in [0.717, 1.165) is 6.42 Å². The Morgan fingerprint density at radius 3 is 2.64 bits per heavy atom. The summed E-state index contributed by atoms with van der Waals surface area (Å²) in [7, 11) is 1.68. The van der Waals surface area contributed by atoms with Crippen LogP contribution in [0.2, 0.25) is 0 Å². The van der Waals surface area contributed by atoms with Gasteiger partial charge < -0.3 is 9.84 Å². The van der Waals surface area contributed by atoms with Crippen LogP contribution in [-0.4, -0.2) is 24.9 Å². The second-order valence-electron chi connectivity index (χ2n) is 3.39. The number of hydrogen-bond donors (Lipinski definition) is 1. The molecular weight excluding hydrogens is 140 g/mol. The van der Waals surface area contributed by atoms with Gasteiger partial charge in [0.15, 0.2) is 0 Å². The third kappa shape index (κ3) is 2.80. The molecule has 1 rings (SSSR count). The zero-order chi connectivity index (χ0) is 8.10. The fourth-order valence-electron chi connectivity index (χ4n) is 1.82. The van der Waals surface area contributed by atoms with Crippen molar-refractivity contribution in [2.75, 3.05) is 13.7 Å². The predicted molar refractivity (Wildman–Crippen MR) is 44.5 cm³/mol. The second-order valence-corrected chi connectivity index (χ2v) is 3.39.